The minimum absolute atomic E-state index is 0.587. The first-order valence-corrected chi connectivity index (χ1v) is 7.36. The molecule has 96 valence electrons. The molecule has 0 spiro atoms. The van der Waals surface area contributed by atoms with Crippen LogP contribution >= 0.6 is 15.9 Å². The lowest BCUT2D eigenvalue weighted by Crippen LogP contribution is -2.11. The summed E-state index contributed by atoms with van der Waals surface area (Å²) < 4.78 is 1.82. The van der Waals surface area contributed by atoms with Crippen LogP contribution in [0.3, 0.4) is 0 Å². The molecule has 1 unspecified atom stereocenters. The summed E-state index contributed by atoms with van der Waals surface area (Å²) >= 11 is 3.57. The predicted molar refractivity (Wildman–Crippen MR) is 75.1 cm³/mol. The Morgan fingerprint density at radius 3 is 2.72 bits per heavy atom. The fourth-order valence-electron chi connectivity index (χ4n) is 2.00. The van der Waals surface area contributed by atoms with Crippen molar-refractivity contribution in [2.24, 2.45) is 5.92 Å². The van der Waals surface area contributed by atoms with Gasteiger partial charge >= 0.3 is 0 Å². The molecule has 1 aromatic carbocycles. The number of benzene rings is 1. The molecule has 0 aliphatic heterocycles. The number of aromatic nitrogens is 4. The van der Waals surface area contributed by atoms with Crippen LogP contribution in [0.4, 0.5) is 0 Å². The summed E-state index contributed by atoms with van der Waals surface area (Å²) in [6.45, 7) is 2.20. The third kappa shape index (κ3) is 3.16. The third-order valence-corrected chi connectivity index (χ3v) is 3.84. The number of hydrogen-bond donors (Lipinski definition) is 0. The number of para-hydroxylation sites is 1. The molecule has 0 N–H and O–H groups in total. The van der Waals surface area contributed by atoms with E-state index in [0.717, 1.165) is 23.3 Å². The first-order valence-electron chi connectivity index (χ1n) is 6.23. The van der Waals surface area contributed by atoms with E-state index < -0.39 is 0 Å². The van der Waals surface area contributed by atoms with Crippen LogP contribution in [0.1, 0.15) is 25.6 Å². The van der Waals surface area contributed by atoms with Crippen LogP contribution in [0.15, 0.2) is 30.3 Å². The molecule has 0 aliphatic rings. The molecule has 0 fully saturated rings. The van der Waals surface area contributed by atoms with Crippen LogP contribution in [-0.4, -0.2) is 25.5 Å². The molecule has 0 bridgehead atoms. The smallest absolute Gasteiger partial charge is 0.157 e. The molecule has 18 heavy (non-hydrogen) atoms. The summed E-state index contributed by atoms with van der Waals surface area (Å²) in [5.41, 5.74) is 1.02. The fraction of sp³-hybridized carbons (Fsp3) is 0.462. The standard InChI is InChI=1S/C13H17BrN4/c1-2-6-11(10-14)9-13-15-16-17-18(13)12-7-4-3-5-8-12/h3-5,7-8,11H,2,6,9-10H2,1H3. The minimum atomic E-state index is 0.587. The van der Waals surface area contributed by atoms with Gasteiger partial charge in [-0.2, -0.15) is 4.68 Å². The molecule has 2 rings (SSSR count). The number of rotatable bonds is 6. The molecule has 4 nitrogen and oxygen atoms in total. The third-order valence-electron chi connectivity index (χ3n) is 2.92. The maximum Gasteiger partial charge on any atom is 0.157 e. The van der Waals surface area contributed by atoms with Gasteiger partial charge in [0.15, 0.2) is 5.82 Å². The molecule has 1 aromatic heterocycles. The molecule has 2 aromatic rings. The number of hydrogen-bond acceptors (Lipinski definition) is 3. The van der Waals surface area contributed by atoms with E-state index in [2.05, 4.69) is 38.4 Å². The van der Waals surface area contributed by atoms with Crippen LogP contribution in [0.25, 0.3) is 5.69 Å². The normalized spacial score (nSPS) is 12.6. The predicted octanol–water partition coefficient (Wildman–Crippen LogP) is 3.02. The van der Waals surface area contributed by atoms with Crippen molar-refractivity contribution >= 4 is 15.9 Å². The molecule has 0 amide bonds. The Morgan fingerprint density at radius 2 is 2.06 bits per heavy atom. The van der Waals surface area contributed by atoms with Gasteiger partial charge < -0.3 is 0 Å². The Hall–Kier alpha value is -1.23. The van der Waals surface area contributed by atoms with Gasteiger partial charge in [0.2, 0.25) is 0 Å². The minimum Gasteiger partial charge on any atom is -0.197 e. The highest BCUT2D eigenvalue weighted by atomic mass is 79.9. The molecule has 5 heteroatoms. The van der Waals surface area contributed by atoms with Crippen LogP contribution in [0.2, 0.25) is 0 Å². The zero-order chi connectivity index (χ0) is 12.8. The van der Waals surface area contributed by atoms with Crippen molar-refractivity contribution in [2.75, 3.05) is 5.33 Å². The van der Waals surface area contributed by atoms with Crippen LogP contribution in [-0.2, 0) is 6.42 Å². The van der Waals surface area contributed by atoms with Gasteiger partial charge in [-0.05, 0) is 34.9 Å². The first kappa shape index (κ1) is 13.2. The number of halogens is 1. The quantitative estimate of drug-likeness (QED) is 0.770. The Labute approximate surface area is 116 Å². The van der Waals surface area contributed by atoms with Gasteiger partial charge in [0.05, 0.1) is 5.69 Å². The van der Waals surface area contributed by atoms with E-state index in [1.165, 1.54) is 12.8 Å². The zero-order valence-corrected chi connectivity index (χ0v) is 12.0. The SMILES string of the molecule is CCCC(CBr)Cc1nnnn1-c1ccccc1. The van der Waals surface area contributed by atoms with E-state index >= 15 is 0 Å². The lowest BCUT2D eigenvalue weighted by atomic mass is 10.0. The summed E-state index contributed by atoms with van der Waals surface area (Å²) in [4.78, 5) is 0. The van der Waals surface area contributed by atoms with Gasteiger partial charge in [-0.25, -0.2) is 0 Å². The van der Waals surface area contributed by atoms with Crippen molar-refractivity contribution < 1.29 is 0 Å². The van der Waals surface area contributed by atoms with E-state index in [4.69, 9.17) is 0 Å². The number of tetrazole rings is 1. The molecular weight excluding hydrogens is 292 g/mol. The van der Waals surface area contributed by atoms with Crippen LogP contribution in [0, 0.1) is 5.92 Å². The van der Waals surface area contributed by atoms with E-state index in [-0.39, 0.29) is 0 Å². The molecule has 0 saturated heterocycles. The molecule has 0 aliphatic carbocycles. The van der Waals surface area contributed by atoms with Crippen molar-refractivity contribution in [2.45, 2.75) is 26.2 Å². The second-order valence-electron chi connectivity index (χ2n) is 4.36. The summed E-state index contributed by atoms with van der Waals surface area (Å²) in [5.74, 6) is 1.52. The zero-order valence-electron chi connectivity index (χ0n) is 10.5. The maximum absolute atomic E-state index is 4.14. The van der Waals surface area contributed by atoms with Gasteiger partial charge in [0.25, 0.3) is 0 Å². The second kappa shape index (κ2) is 6.64. The summed E-state index contributed by atoms with van der Waals surface area (Å²) in [5, 5.41) is 13.0. The van der Waals surface area contributed by atoms with Crippen molar-refractivity contribution in [3.63, 3.8) is 0 Å². The highest BCUT2D eigenvalue weighted by Crippen LogP contribution is 2.16. The second-order valence-corrected chi connectivity index (χ2v) is 5.00. The monoisotopic (exact) mass is 308 g/mol. The highest BCUT2D eigenvalue weighted by Gasteiger charge is 2.14. The fourth-order valence-corrected chi connectivity index (χ4v) is 2.56. The van der Waals surface area contributed by atoms with Crippen molar-refractivity contribution in [3.05, 3.63) is 36.2 Å². The average molecular weight is 309 g/mol. The molecular formula is C13H17BrN4. The summed E-state index contributed by atoms with van der Waals surface area (Å²) in [7, 11) is 0. The van der Waals surface area contributed by atoms with Gasteiger partial charge in [-0.1, -0.05) is 47.5 Å². The van der Waals surface area contributed by atoms with Crippen molar-refractivity contribution in [1.82, 2.24) is 20.2 Å². The Balaban J connectivity index is 2.18. The Bertz CT molecular complexity index is 469. The Morgan fingerprint density at radius 1 is 1.28 bits per heavy atom. The summed E-state index contributed by atoms with van der Waals surface area (Å²) in [6.07, 6.45) is 3.27. The lowest BCUT2D eigenvalue weighted by Gasteiger charge is -2.12. The lowest BCUT2D eigenvalue weighted by molar-refractivity contribution is 0.514. The van der Waals surface area contributed by atoms with Crippen LogP contribution < -0.4 is 0 Å². The average Bonchev–Trinajstić information content (AvgIpc) is 2.87. The highest BCUT2D eigenvalue weighted by molar-refractivity contribution is 9.09. The van der Waals surface area contributed by atoms with Crippen molar-refractivity contribution in [1.29, 1.82) is 0 Å². The number of alkyl halides is 1. The maximum atomic E-state index is 4.14. The van der Waals surface area contributed by atoms with Crippen molar-refractivity contribution in [3.8, 4) is 5.69 Å². The molecule has 1 atom stereocenters. The van der Waals surface area contributed by atoms with Crippen LogP contribution in [0.5, 0.6) is 0 Å². The van der Waals surface area contributed by atoms with E-state index in [1.807, 2.05) is 35.0 Å². The van der Waals surface area contributed by atoms with E-state index in [9.17, 15) is 0 Å². The topological polar surface area (TPSA) is 43.6 Å². The Kier molecular flexibility index (Phi) is 4.87. The van der Waals surface area contributed by atoms with Gasteiger partial charge in [0.1, 0.15) is 0 Å². The van der Waals surface area contributed by atoms with Gasteiger partial charge in [0, 0.05) is 11.8 Å². The molecule has 0 radical (unpaired) electrons. The first-order chi connectivity index (χ1) is 8.85. The molecule has 1 heterocycles. The van der Waals surface area contributed by atoms with Gasteiger partial charge in [-0.15, -0.1) is 5.10 Å². The van der Waals surface area contributed by atoms with E-state index in [1.54, 1.807) is 0 Å². The van der Waals surface area contributed by atoms with E-state index in [0.29, 0.717) is 5.92 Å². The summed E-state index contributed by atoms with van der Waals surface area (Å²) in [6, 6.07) is 10.0. The molecule has 0 saturated carbocycles. The largest absolute Gasteiger partial charge is 0.197 e. The van der Waals surface area contributed by atoms with Gasteiger partial charge in [-0.3, -0.25) is 0 Å². The number of nitrogens with zero attached hydrogens (tertiary/aromatic N) is 4.